The van der Waals surface area contributed by atoms with Crippen LogP contribution < -0.4 is 15.5 Å². The van der Waals surface area contributed by atoms with Crippen molar-refractivity contribution in [2.75, 3.05) is 52.4 Å². The maximum atomic E-state index is 9.31. The Kier molecular flexibility index (Phi) is 6.81. The van der Waals surface area contributed by atoms with E-state index in [1.165, 1.54) is 0 Å². The van der Waals surface area contributed by atoms with Gasteiger partial charge in [-0.15, -0.1) is 0 Å². The number of aliphatic imine (C=N–C) groups is 1. The summed E-state index contributed by atoms with van der Waals surface area (Å²) in [6, 6.07) is 3.99. The van der Waals surface area contributed by atoms with E-state index in [2.05, 4.69) is 26.7 Å². The highest BCUT2D eigenvalue weighted by Gasteiger charge is 2.34. The van der Waals surface area contributed by atoms with Crippen LogP contribution in [0.25, 0.3) is 0 Å². The van der Waals surface area contributed by atoms with Crippen LogP contribution in [0.3, 0.4) is 0 Å². The molecule has 7 nitrogen and oxygen atoms in total. The first kappa shape index (κ1) is 18.5. The number of guanidine groups is 1. The van der Waals surface area contributed by atoms with Gasteiger partial charge in [-0.2, -0.15) is 0 Å². The second-order valence-electron chi connectivity index (χ2n) is 6.44. The zero-order valence-electron chi connectivity index (χ0n) is 14.9. The van der Waals surface area contributed by atoms with E-state index in [1.807, 2.05) is 25.1 Å². The molecule has 2 heterocycles. The van der Waals surface area contributed by atoms with Crippen LogP contribution in [-0.4, -0.2) is 63.6 Å². The first-order valence-corrected chi connectivity index (χ1v) is 8.34. The maximum Gasteiger partial charge on any atom is 0.191 e. The number of nitrogens with one attached hydrogen (secondary N) is 2. The number of rotatable bonds is 7. The molecule has 1 aliphatic rings. The van der Waals surface area contributed by atoms with E-state index in [0.717, 1.165) is 43.3 Å². The summed E-state index contributed by atoms with van der Waals surface area (Å²) < 4.78 is 5.53. The number of aliphatic hydroxyl groups is 1. The van der Waals surface area contributed by atoms with Crippen LogP contribution in [0.4, 0.5) is 5.82 Å². The van der Waals surface area contributed by atoms with Crippen molar-refractivity contribution in [1.29, 1.82) is 0 Å². The first-order valence-electron chi connectivity index (χ1n) is 8.34. The minimum Gasteiger partial charge on any atom is -0.396 e. The SMILES string of the molecule is CN=C(NCc1cccnc1N(C)C)NCC1(CCO)CCOC1. The van der Waals surface area contributed by atoms with Crippen LogP contribution in [0.1, 0.15) is 18.4 Å². The molecular formula is C17H29N5O2. The van der Waals surface area contributed by atoms with Gasteiger partial charge in [-0.3, -0.25) is 4.99 Å². The highest BCUT2D eigenvalue weighted by Crippen LogP contribution is 2.31. The van der Waals surface area contributed by atoms with Gasteiger partial charge in [0.1, 0.15) is 5.82 Å². The fourth-order valence-electron chi connectivity index (χ4n) is 2.95. The Hall–Kier alpha value is -1.86. The zero-order chi connectivity index (χ0) is 17.4. The van der Waals surface area contributed by atoms with Crippen LogP contribution >= 0.6 is 0 Å². The van der Waals surface area contributed by atoms with E-state index in [0.29, 0.717) is 13.2 Å². The van der Waals surface area contributed by atoms with Crippen LogP contribution in [0.15, 0.2) is 23.3 Å². The molecule has 0 radical (unpaired) electrons. The molecule has 0 amide bonds. The lowest BCUT2D eigenvalue weighted by Gasteiger charge is -2.27. The van der Waals surface area contributed by atoms with Crippen LogP contribution in [0.2, 0.25) is 0 Å². The lowest BCUT2D eigenvalue weighted by molar-refractivity contribution is 0.127. The maximum absolute atomic E-state index is 9.31. The minimum atomic E-state index is -0.00449. The number of anilines is 1. The summed E-state index contributed by atoms with van der Waals surface area (Å²) in [5, 5.41) is 16.0. The highest BCUT2D eigenvalue weighted by atomic mass is 16.5. The fraction of sp³-hybridized carbons (Fsp3) is 0.647. The van der Waals surface area contributed by atoms with Crippen molar-refractivity contribution in [3.8, 4) is 0 Å². The third-order valence-corrected chi connectivity index (χ3v) is 4.42. The van der Waals surface area contributed by atoms with E-state index in [-0.39, 0.29) is 12.0 Å². The Morgan fingerprint density at radius 3 is 2.92 bits per heavy atom. The number of pyridine rings is 1. The number of hydrogen-bond donors (Lipinski definition) is 3. The van der Waals surface area contributed by atoms with Gasteiger partial charge >= 0.3 is 0 Å². The quantitative estimate of drug-likeness (QED) is 0.500. The van der Waals surface area contributed by atoms with Crippen LogP contribution in [-0.2, 0) is 11.3 Å². The summed E-state index contributed by atoms with van der Waals surface area (Å²) in [4.78, 5) is 10.7. The van der Waals surface area contributed by atoms with E-state index >= 15 is 0 Å². The monoisotopic (exact) mass is 335 g/mol. The summed E-state index contributed by atoms with van der Waals surface area (Å²) >= 11 is 0. The molecule has 1 aliphatic heterocycles. The molecule has 0 bridgehead atoms. The molecule has 1 atom stereocenters. The topological polar surface area (TPSA) is 82.0 Å². The molecule has 134 valence electrons. The normalized spacial score (nSPS) is 20.9. The largest absolute Gasteiger partial charge is 0.396 e. The van der Waals surface area contributed by atoms with Gasteiger partial charge in [0.25, 0.3) is 0 Å². The summed E-state index contributed by atoms with van der Waals surface area (Å²) in [6.45, 7) is 3.00. The molecule has 1 saturated heterocycles. The summed E-state index contributed by atoms with van der Waals surface area (Å²) in [5.41, 5.74) is 1.11. The number of hydrogen-bond acceptors (Lipinski definition) is 5. The third kappa shape index (κ3) is 4.82. The van der Waals surface area contributed by atoms with Crippen molar-refractivity contribution in [3.63, 3.8) is 0 Å². The van der Waals surface area contributed by atoms with Gasteiger partial charge in [-0.1, -0.05) is 6.07 Å². The van der Waals surface area contributed by atoms with Crippen molar-refractivity contribution in [2.24, 2.45) is 10.4 Å². The Morgan fingerprint density at radius 1 is 1.46 bits per heavy atom. The van der Waals surface area contributed by atoms with Crippen LogP contribution in [0, 0.1) is 5.41 Å². The first-order chi connectivity index (χ1) is 11.6. The molecule has 24 heavy (non-hydrogen) atoms. The standard InChI is InChI=1S/C17H29N5O2/c1-18-16(21-12-17(6-9-23)7-10-24-13-17)20-11-14-5-4-8-19-15(14)22(2)3/h4-5,8,23H,6-7,9-13H2,1-3H3,(H2,18,20,21). The zero-order valence-corrected chi connectivity index (χ0v) is 14.9. The van der Waals surface area contributed by atoms with E-state index in [4.69, 9.17) is 4.74 Å². The molecule has 1 fully saturated rings. The van der Waals surface area contributed by atoms with Crippen molar-refractivity contribution in [2.45, 2.75) is 19.4 Å². The number of ether oxygens (including phenoxy) is 1. The Balaban J connectivity index is 1.91. The van der Waals surface area contributed by atoms with Gasteiger partial charge in [0.15, 0.2) is 5.96 Å². The molecule has 7 heteroatoms. The summed E-state index contributed by atoms with van der Waals surface area (Å²) in [5.74, 6) is 1.69. The van der Waals surface area contributed by atoms with E-state index in [1.54, 1.807) is 13.2 Å². The third-order valence-electron chi connectivity index (χ3n) is 4.42. The van der Waals surface area contributed by atoms with Gasteiger partial charge in [0, 0.05) is 64.6 Å². The summed E-state index contributed by atoms with van der Waals surface area (Å²) in [6.07, 6.45) is 3.50. The molecule has 1 aromatic heterocycles. The van der Waals surface area contributed by atoms with Gasteiger partial charge in [-0.05, 0) is 18.9 Å². The molecular weight excluding hydrogens is 306 g/mol. The van der Waals surface area contributed by atoms with Crippen LogP contribution in [0.5, 0.6) is 0 Å². The molecule has 1 aromatic rings. The Morgan fingerprint density at radius 2 is 2.29 bits per heavy atom. The van der Waals surface area contributed by atoms with E-state index < -0.39 is 0 Å². The molecule has 0 saturated carbocycles. The Labute approximate surface area is 144 Å². The number of nitrogens with zero attached hydrogens (tertiary/aromatic N) is 3. The molecule has 0 spiro atoms. The predicted octanol–water partition coefficient (Wildman–Crippen LogP) is 0.602. The van der Waals surface area contributed by atoms with E-state index in [9.17, 15) is 5.11 Å². The average molecular weight is 335 g/mol. The highest BCUT2D eigenvalue weighted by molar-refractivity contribution is 5.79. The predicted molar refractivity (Wildman–Crippen MR) is 96.3 cm³/mol. The van der Waals surface area contributed by atoms with Crippen molar-refractivity contribution in [3.05, 3.63) is 23.9 Å². The number of aromatic nitrogens is 1. The average Bonchev–Trinajstić information content (AvgIpc) is 3.04. The summed E-state index contributed by atoms with van der Waals surface area (Å²) in [7, 11) is 5.73. The van der Waals surface area contributed by atoms with Crippen molar-refractivity contribution < 1.29 is 9.84 Å². The second-order valence-corrected chi connectivity index (χ2v) is 6.44. The minimum absolute atomic E-state index is 0.00449. The van der Waals surface area contributed by atoms with Gasteiger partial charge in [-0.25, -0.2) is 4.98 Å². The fourth-order valence-corrected chi connectivity index (χ4v) is 2.95. The molecule has 0 aromatic carbocycles. The smallest absolute Gasteiger partial charge is 0.191 e. The molecule has 1 unspecified atom stereocenters. The second kappa shape index (κ2) is 8.84. The lowest BCUT2D eigenvalue weighted by atomic mass is 9.84. The number of aliphatic hydroxyl groups excluding tert-OH is 1. The van der Waals surface area contributed by atoms with Gasteiger partial charge in [0.2, 0.25) is 0 Å². The van der Waals surface area contributed by atoms with Crippen molar-refractivity contribution in [1.82, 2.24) is 15.6 Å². The van der Waals surface area contributed by atoms with Gasteiger partial charge < -0.3 is 25.4 Å². The molecule has 0 aliphatic carbocycles. The lowest BCUT2D eigenvalue weighted by Crippen LogP contribution is -2.44. The van der Waals surface area contributed by atoms with Crippen molar-refractivity contribution >= 4 is 11.8 Å². The molecule has 3 N–H and O–H groups in total. The Bertz CT molecular complexity index is 542. The van der Waals surface area contributed by atoms with Gasteiger partial charge in [0.05, 0.1) is 6.61 Å². The molecule has 2 rings (SSSR count).